The lowest BCUT2D eigenvalue weighted by atomic mass is 9.99. The minimum Gasteiger partial charge on any atom is -0.480 e. The van der Waals surface area contributed by atoms with Crippen molar-refractivity contribution in [3.05, 3.63) is 53.4 Å². The molecule has 8 heteroatoms. The summed E-state index contributed by atoms with van der Waals surface area (Å²) in [6.45, 7) is 4.46. The monoisotopic (exact) mass is 380 g/mol. The third-order valence-corrected chi connectivity index (χ3v) is 4.76. The van der Waals surface area contributed by atoms with Gasteiger partial charge in [0, 0.05) is 52.3 Å². The highest BCUT2D eigenvalue weighted by molar-refractivity contribution is 6.09. The smallest absolute Gasteiger partial charge is 0.323 e. The highest BCUT2D eigenvalue weighted by Gasteiger charge is 2.21. The van der Waals surface area contributed by atoms with Gasteiger partial charge >= 0.3 is 5.97 Å². The van der Waals surface area contributed by atoms with Gasteiger partial charge in [-0.3, -0.25) is 9.59 Å². The van der Waals surface area contributed by atoms with Crippen LogP contribution < -0.4 is 0 Å². The van der Waals surface area contributed by atoms with Crippen molar-refractivity contribution in [3.63, 3.8) is 0 Å². The number of carbonyl (C=O) groups is 2. The van der Waals surface area contributed by atoms with Crippen molar-refractivity contribution in [2.45, 2.75) is 27.3 Å². The van der Waals surface area contributed by atoms with Crippen molar-refractivity contribution in [2.75, 3.05) is 0 Å². The number of carboxylic acids is 1. The molecule has 28 heavy (non-hydrogen) atoms. The molecule has 0 aliphatic rings. The maximum absolute atomic E-state index is 15.2. The van der Waals surface area contributed by atoms with Crippen LogP contribution in [0, 0.1) is 19.7 Å². The lowest BCUT2D eigenvalue weighted by molar-refractivity contribution is -0.137. The zero-order chi connectivity index (χ0) is 20.2. The molecule has 0 atom stereocenters. The van der Waals surface area contributed by atoms with Crippen LogP contribution in [0.25, 0.3) is 27.7 Å². The summed E-state index contributed by atoms with van der Waals surface area (Å²) < 4.78 is 18.2. The predicted octanol–water partition coefficient (Wildman–Crippen LogP) is 3.39. The number of fused-ring (bicyclic) bond motifs is 2. The highest BCUT2D eigenvalue weighted by atomic mass is 19.1. The Labute approximate surface area is 159 Å². The van der Waals surface area contributed by atoms with E-state index in [1.165, 1.54) is 17.7 Å². The van der Waals surface area contributed by atoms with Gasteiger partial charge in [-0.05, 0) is 26.8 Å². The molecule has 0 amide bonds. The fraction of sp³-hybridized carbons (Fsp3) is 0.200. The molecule has 3 heterocycles. The van der Waals surface area contributed by atoms with Crippen molar-refractivity contribution in [3.8, 4) is 11.1 Å². The maximum atomic E-state index is 15.2. The Hall–Kier alpha value is -3.55. The van der Waals surface area contributed by atoms with Gasteiger partial charge in [0.15, 0.2) is 11.4 Å². The third kappa shape index (κ3) is 2.74. The normalized spacial score (nSPS) is 11.4. The number of Topliss-reactive ketones (excluding diaryl/α,β-unsaturated/α-hetero) is 1. The number of carbonyl (C=O) groups excluding carboxylic acids is 1. The van der Waals surface area contributed by atoms with Crippen molar-refractivity contribution >= 4 is 28.3 Å². The molecule has 0 saturated heterocycles. The Bertz CT molecular complexity index is 1290. The quantitative estimate of drug-likeness (QED) is 0.548. The molecule has 0 bridgehead atoms. The number of hydrogen-bond donors (Lipinski definition) is 1. The van der Waals surface area contributed by atoms with E-state index < -0.39 is 11.8 Å². The van der Waals surface area contributed by atoms with Gasteiger partial charge in [0.05, 0.1) is 11.2 Å². The molecule has 4 rings (SSSR count). The van der Waals surface area contributed by atoms with Crippen LogP contribution in [0.1, 0.15) is 28.5 Å². The zero-order valence-corrected chi connectivity index (χ0v) is 15.5. The second-order valence-corrected chi connectivity index (χ2v) is 6.81. The summed E-state index contributed by atoms with van der Waals surface area (Å²) in [4.78, 5) is 27.6. The molecule has 0 aliphatic heterocycles. The van der Waals surface area contributed by atoms with E-state index >= 15 is 4.39 Å². The van der Waals surface area contributed by atoms with Crippen LogP contribution in [-0.2, 0) is 11.3 Å². The average molecular weight is 380 g/mol. The minimum absolute atomic E-state index is 0.220. The van der Waals surface area contributed by atoms with Crippen molar-refractivity contribution in [2.24, 2.45) is 0 Å². The first-order chi connectivity index (χ1) is 13.3. The molecular weight excluding hydrogens is 363 g/mol. The lowest BCUT2D eigenvalue weighted by Gasteiger charge is -2.11. The molecule has 142 valence electrons. The van der Waals surface area contributed by atoms with Gasteiger partial charge in [-0.15, -0.1) is 0 Å². The first-order valence-electron chi connectivity index (χ1n) is 8.63. The molecule has 7 nitrogen and oxygen atoms in total. The molecule has 1 aromatic carbocycles. The van der Waals surface area contributed by atoms with Crippen LogP contribution in [-0.4, -0.2) is 36.0 Å². The van der Waals surface area contributed by atoms with Gasteiger partial charge in [-0.2, -0.15) is 5.10 Å². The van der Waals surface area contributed by atoms with E-state index in [1.807, 2.05) is 13.0 Å². The Balaban J connectivity index is 2.01. The number of benzene rings is 1. The minimum atomic E-state index is -1.07. The Morgan fingerprint density at radius 3 is 2.64 bits per heavy atom. The Morgan fingerprint density at radius 2 is 1.96 bits per heavy atom. The van der Waals surface area contributed by atoms with E-state index in [4.69, 9.17) is 5.11 Å². The molecule has 0 fully saturated rings. The first-order valence-corrected chi connectivity index (χ1v) is 8.63. The van der Waals surface area contributed by atoms with Gasteiger partial charge in [0.1, 0.15) is 12.4 Å². The summed E-state index contributed by atoms with van der Waals surface area (Å²) in [6, 6.07) is 3.39. The van der Waals surface area contributed by atoms with Gasteiger partial charge in [0.2, 0.25) is 0 Å². The van der Waals surface area contributed by atoms with Gasteiger partial charge < -0.3 is 9.67 Å². The van der Waals surface area contributed by atoms with Crippen LogP contribution in [0.5, 0.6) is 0 Å². The molecule has 0 radical (unpaired) electrons. The number of ketones is 1. The summed E-state index contributed by atoms with van der Waals surface area (Å²) in [5.74, 6) is -1.78. The molecule has 0 unspecified atom stereocenters. The summed E-state index contributed by atoms with van der Waals surface area (Å²) in [5, 5.41) is 14.0. The maximum Gasteiger partial charge on any atom is 0.323 e. The van der Waals surface area contributed by atoms with Crippen LogP contribution in [0.15, 0.2) is 30.7 Å². The standard InChI is InChI=1S/C20H17FN4O3/c1-10-4-17-22-6-13(7-25(17)23-10)14-5-15-16(12(3)26)8-24(9-18(27)28)20(15)11(2)19(14)21/h4-8H,9H2,1-3H3,(H,27,28). The average Bonchev–Trinajstić information content (AvgIpc) is 3.16. The number of hydrogen-bond acceptors (Lipinski definition) is 4. The van der Waals surface area contributed by atoms with Crippen LogP contribution in [0.3, 0.4) is 0 Å². The SMILES string of the molecule is CC(=O)c1cn(CC(=O)O)c2c(C)c(F)c(-c3cnc4cc(C)nn4c3)cc12. The van der Waals surface area contributed by atoms with Crippen LogP contribution in [0.2, 0.25) is 0 Å². The highest BCUT2D eigenvalue weighted by Crippen LogP contribution is 2.34. The van der Waals surface area contributed by atoms with Crippen molar-refractivity contribution in [1.29, 1.82) is 0 Å². The molecule has 3 aromatic heterocycles. The van der Waals surface area contributed by atoms with Crippen LogP contribution >= 0.6 is 0 Å². The third-order valence-electron chi connectivity index (χ3n) is 4.76. The molecule has 0 saturated carbocycles. The van der Waals surface area contributed by atoms with Crippen molar-refractivity contribution in [1.82, 2.24) is 19.2 Å². The van der Waals surface area contributed by atoms with E-state index in [2.05, 4.69) is 10.1 Å². The van der Waals surface area contributed by atoms with E-state index in [1.54, 1.807) is 29.9 Å². The van der Waals surface area contributed by atoms with E-state index in [0.717, 1.165) is 5.69 Å². The topological polar surface area (TPSA) is 89.5 Å². The molecule has 0 spiro atoms. The van der Waals surface area contributed by atoms with Gasteiger partial charge in [-0.1, -0.05) is 0 Å². The van der Waals surface area contributed by atoms with Crippen LogP contribution in [0.4, 0.5) is 4.39 Å². The summed E-state index contributed by atoms with van der Waals surface area (Å²) in [5.41, 5.74) is 3.26. The second-order valence-electron chi connectivity index (χ2n) is 6.81. The van der Waals surface area contributed by atoms with Gasteiger partial charge in [0.25, 0.3) is 0 Å². The number of carboxylic acid groups (broad SMARTS) is 1. The predicted molar refractivity (Wildman–Crippen MR) is 101 cm³/mol. The summed E-state index contributed by atoms with van der Waals surface area (Å²) >= 11 is 0. The number of rotatable bonds is 4. The fourth-order valence-electron chi connectivity index (χ4n) is 3.54. The zero-order valence-electron chi connectivity index (χ0n) is 15.5. The number of halogens is 1. The van der Waals surface area contributed by atoms with E-state index in [0.29, 0.717) is 27.7 Å². The molecular formula is C20H17FN4O3. The fourth-order valence-corrected chi connectivity index (χ4v) is 3.54. The number of aryl methyl sites for hydroxylation is 2. The molecule has 1 N–H and O–H groups in total. The second kappa shape index (κ2) is 6.26. The number of nitrogens with zero attached hydrogens (tertiary/aromatic N) is 4. The first kappa shape index (κ1) is 17.8. The summed E-state index contributed by atoms with van der Waals surface area (Å²) in [6.07, 6.45) is 4.71. The Morgan fingerprint density at radius 1 is 1.21 bits per heavy atom. The Kier molecular flexibility index (Phi) is 3.99. The number of aromatic nitrogens is 4. The lowest BCUT2D eigenvalue weighted by Crippen LogP contribution is -2.08. The molecule has 4 aromatic rings. The largest absolute Gasteiger partial charge is 0.480 e. The van der Waals surface area contributed by atoms with Gasteiger partial charge in [-0.25, -0.2) is 13.9 Å². The van der Waals surface area contributed by atoms with Crippen molar-refractivity contribution < 1.29 is 19.1 Å². The number of aliphatic carboxylic acids is 1. The summed E-state index contributed by atoms with van der Waals surface area (Å²) in [7, 11) is 0. The van der Waals surface area contributed by atoms with E-state index in [9.17, 15) is 9.59 Å². The molecule has 0 aliphatic carbocycles. The van der Waals surface area contributed by atoms with E-state index in [-0.39, 0.29) is 23.5 Å².